The molecule has 0 radical (unpaired) electrons. The van der Waals surface area contributed by atoms with Gasteiger partial charge in [0, 0.05) is 28.1 Å². The number of hydrogen-bond acceptors (Lipinski definition) is 6. The number of halogens is 1. The topological polar surface area (TPSA) is 78.8 Å². The maximum atomic E-state index is 13.4. The molecule has 3 rings (SSSR count). The van der Waals surface area contributed by atoms with E-state index < -0.39 is 12.1 Å². The molecule has 8 heteroatoms. The zero-order chi connectivity index (χ0) is 26.9. The predicted octanol–water partition coefficient (Wildman–Crippen LogP) is 3.28. The summed E-state index contributed by atoms with van der Waals surface area (Å²) in [6, 6.07) is 17.7. The van der Waals surface area contributed by atoms with Crippen LogP contribution in [-0.2, 0) is 10.5 Å². The molecule has 1 unspecified atom stereocenters. The van der Waals surface area contributed by atoms with Crippen LogP contribution in [0.1, 0.15) is 61.5 Å². The number of aliphatic carboxylic acids is 1. The summed E-state index contributed by atoms with van der Waals surface area (Å²) in [4.78, 5) is 11.2. The number of carbonyl (C=O) groups is 1. The second-order valence-electron chi connectivity index (χ2n) is 9.27. The number of thioether (sulfide) groups is 1. The largest absolute Gasteiger partial charge is 1.00 e. The Bertz CT molecular complexity index is 1190. The van der Waals surface area contributed by atoms with E-state index in [4.69, 9.17) is 9.47 Å². The molecule has 38 heavy (non-hydrogen) atoms. The minimum atomic E-state index is -1.13. The Kier molecular flexibility index (Phi) is 13.2. The number of aliphatic hydroxyl groups is 1. The third-order valence-corrected chi connectivity index (χ3v) is 7.22. The van der Waals surface area contributed by atoms with Crippen molar-refractivity contribution in [2.45, 2.75) is 70.2 Å². The predicted molar refractivity (Wildman–Crippen MR) is 143 cm³/mol. The van der Waals surface area contributed by atoms with Crippen LogP contribution in [0.3, 0.4) is 0 Å². The minimum Gasteiger partial charge on any atom is -0.550 e. The van der Waals surface area contributed by atoms with E-state index >= 15 is 0 Å². The molecule has 0 heterocycles. The van der Waals surface area contributed by atoms with Crippen LogP contribution in [0.25, 0.3) is 0 Å². The fourth-order valence-electron chi connectivity index (χ4n) is 4.23. The molecular weight excluding hydrogens is 514 g/mol. The SMILES string of the molecule is CCC(Oc1ccc(F)cc1)c1cc(C)cc(C)c1Oc1ccccc1CS[C@@H](CC(=O)[O-])C[C@H](C)O.[Na+]. The van der Waals surface area contributed by atoms with Crippen molar-refractivity contribution in [3.8, 4) is 17.2 Å². The second kappa shape index (κ2) is 15.5. The molecule has 0 saturated heterocycles. The van der Waals surface area contributed by atoms with E-state index in [-0.39, 0.29) is 53.1 Å². The Hall–Kier alpha value is -2.03. The normalized spacial score (nSPS) is 13.2. The summed E-state index contributed by atoms with van der Waals surface area (Å²) in [5, 5.41) is 20.7. The van der Waals surface area contributed by atoms with Crippen LogP contribution in [0.2, 0.25) is 0 Å². The zero-order valence-corrected chi connectivity index (χ0v) is 25.5. The van der Waals surface area contributed by atoms with E-state index in [0.717, 1.165) is 22.3 Å². The van der Waals surface area contributed by atoms with Gasteiger partial charge in [0.25, 0.3) is 0 Å². The van der Waals surface area contributed by atoms with Crippen LogP contribution in [0.15, 0.2) is 60.7 Å². The summed E-state index contributed by atoms with van der Waals surface area (Å²) < 4.78 is 26.2. The number of carboxylic acids is 1. The molecular formula is C30H34FNaO5S. The number of ether oxygens (including phenoxy) is 2. The number of hydrogen-bond donors (Lipinski definition) is 1. The van der Waals surface area contributed by atoms with Gasteiger partial charge in [-0.3, -0.25) is 0 Å². The molecule has 0 aliphatic carbocycles. The van der Waals surface area contributed by atoms with E-state index in [1.165, 1.54) is 23.9 Å². The number of para-hydroxylation sites is 1. The summed E-state index contributed by atoms with van der Waals surface area (Å²) in [5.74, 6) is 1.02. The Morgan fingerprint density at radius 3 is 2.42 bits per heavy atom. The van der Waals surface area contributed by atoms with Gasteiger partial charge in [0.05, 0.1) is 6.10 Å². The molecule has 3 aromatic rings. The maximum Gasteiger partial charge on any atom is 1.00 e. The van der Waals surface area contributed by atoms with E-state index in [9.17, 15) is 19.4 Å². The van der Waals surface area contributed by atoms with Gasteiger partial charge in [-0.25, -0.2) is 4.39 Å². The monoisotopic (exact) mass is 548 g/mol. The molecule has 3 aromatic carbocycles. The first-order valence-corrected chi connectivity index (χ1v) is 13.5. The van der Waals surface area contributed by atoms with Crippen molar-refractivity contribution in [1.29, 1.82) is 0 Å². The summed E-state index contributed by atoms with van der Waals surface area (Å²) in [7, 11) is 0. The average molecular weight is 549 g/mol. The Morgan fingerprint density at radius 1 is 1.11 bits per heavy atom. The summed E-state index contributed by atoms with van der Waals surface area (Å²) >= 11 is 1.46. The molecule has 5 nitrogen and oxygen atoms in total. The fourth-order valence-corrected chi connectivity index (χ4v) is 5.55. The number of carbonyl (C=O) groups excluding carboxylic acids is 1. The van der Waals surface area contributed by atoms with Crippen LogP contribution < -0.4 is 44.1 Å². The van der Waals surface area contributed by atoms with Crippen molar-refractivity contribution in [1.82, 2.24) is 0 Å². The number of carboxylic acid groups (broad SMARTS) is 1. The first-order valence-electron chi connectivity index (χ1n) is 12.4. The Morgan fingerprint density at radius 2 is 1.79 bits per heavy atom. The number of benzene rings is 3. The first-order chi connectivity index (χ1) is 17.7. The molecule has 1 N–H and O–H groups in total. The van der Waals surface area contributed by atoms with Gasteiger partial charge in [0.1, 0.15) is 29.2 Å². The average Bonchev–Trinajstić information content (AvgIpc) is 2.83. The molecule has 3 atom stereocenters. The second-order valence-corrected chi connectivity index (χ2v) is 10.6. The van der Waals surface area contributed by atoms with Gasteiger partial charge in [0.2, 0.25) is 0 Å². The van der Waals surface area contributed by atoms with E-state index in [2.05, 4.69) is 12.1 Å². The number of rotatable bonds is 13. The minimum absolute atomic E-state index is 0. The van der Waals surface area contributed by atoms with Crippen molar-refractivity contribution < 1.29 is 58.4 Å². The molecule has 0 bridgehead atoms. The molecule has 0 amide bonds. The molecule has 0 fully saturated rings. The van der Waals surface area contributed by atoms with Crippen LogP contribution in [-0.4, -0.2) is 22.4 Å². The van der Waals surface area contributed by atoms with Gasteiger partial charge in [-0.2, -0.15) is 11.8 Å². The van der Waals surface area contributed by atoms with Gasteiger partial charge in [-0.15, -0.1) is 0 Å². The zero-order valence-electron chi connectivity index (χ0n) is 22.7. The van der Waals surface area contributed by atoms with Crippen molar-refractivity contribution in [2.75, 3.05) is 0 Å². The van der Waals surface area contributed by atoms with Gasteiger partial charge in [0.15, 0.2) is 0 Å². The fraction of sp³-hybridized carbons (Fsp3) is 0.367. The number of aryl methyl sites for hydroxylation is 2. The van der Waals surface area contributed by atoms with Crippen LogP contribution in [0.4, 0.5) is 4.39 Å². The standard InChI is InChI=1S/C30H35FO5S.Na/c1-5-27(35-24-12-10-23(31)11-13-24)26-15-19(2)14-20(3)30(26)36-28-9-7-6-8-22(28)18-37-25(16-21(4)32)17-29(33)34;/h6-15,21,25,27,32H,5,16-18H2,1-4H3,(H,33,34);/q;+1/p-1/t21-,25+,27?;/m0./s1. The third kappa shape index (κ3) is 9.62. The Labute approximate surface area is 251 Å². The molecule has 0 spiro atoms. The van der Waals surface area contributed by atoms with Crippen molar-refractivity contribution in [2.24, 2.45) is 0 Å². The van der Waals surface area contributed by atoms with Crippen LogP contribution in [0.5, 0.6) is 17.2 Å². The van der Waals surface area contributed by atoms with Gasteiger partial charge >= 0.3 is 29.6 Å². The first kappa shape index (κ1) is 32.2. The van der Waals surface area contributed by atoms with Crippen LogP contribution >= 0.6 is 11.8 Å². The summed E-state index contributed by atoms with van der Waals surface area (Å²) in [6.07, 6.45) is 0.00563. The van der Waals surface area contributed by atoms with Crippen molar-refractivity contribution in [3.63, 3.8) is 0 Å². The van der Waals surface area contributed by atoms with E-state index in [0.29, 0.717) is 35.8 Å². The number of aliphatic hydroxyl groups excluding tert-OH is 1. The van der Waals surface area contributed by atoms with E-state index in [1.807, 2.05) is 45.0 Å². The third-order valence-electron chi connectivity index (χ3n) is 5.91. The van der Waals surface area contributed by atoms with Crippen molar-refractivity contribution >= 4 is 17.7 Å². The molecule has 0 aromatic heterocycles. The molecule has 198 valence electrons. The maximum absolute atomic E-state index is 13.4. The smallest absolute Gasteiger partial charge is 0.550 e. The summed E-state index contributed by atoms with van der Waals surface area (Å²) in [5.41, 5.74) is 3.85. The summed E-state index contributed by atoms with van der Waals surface area (Å²) in [6.45, 7) is 7.70. The van der Waals surface area contributed by atoms with Crippen molar-refractivity contribution in [3.05, 3.63) is 88.7 Å². The van der Waals surface area contributed by atoms with Gasteiger partial charge in [-0.05, 0) is 82.0 Å². The van der Waals surface area contributed by atoms with E-state index in [1.54, 1.807) is 19.1 Å². The van der Waals surface area contributed by atoms with Gasteiger partial charge < -0.3 is 24.5 Å². The van der Waals surface area contributed by atoms with Gasteiger partial charge in [-0.1, -0.05) is 36.8 Å². The Balaban J connectivity index is 0.00000507. The molecule has 0 aliphatic rings. The molecule has 0 saturated carbocycles. The molecule has 0 aliphatic heterocycles. The quantitative estimate of drug-likeness (QED) is 0.331. The van der Waals surface area contributed by atoms with Crippen LogP contribution in [0, 0.1) is 19.7 Å².